The Morgan fingerprint density at radius 2 is 1.91 bits per heavy atom. The number of hydrogen-bond donors (Lipinski definition) is 1. The Bertz CT molecular complexity index is 948. The van der Waals surface area contributed by atoms with E-state index >= 15 is 0 Å². The number of amides is 1. The normalized spacial score (nSPS) is 13.7. The third-order valence-electron chi connectivity index (χ3n) is 5.56. The fourth-order valence-electron chi connectivity index (χ4n) is 3.67. The number of methoxy groups -OCH3 is 2. The van der Waals surface area contributed by atoms with E-state index in [4.69, 9.17) is 21.7 Å². The minimum atomic E-state index is 0.0584. The van der Waals surface area contributed by atoms with Gasteiger partial charge in [-0.3, -0.25) is 4.79 Å². The van der Waals surface area contributed by atoms with Crippen LogP contribution in [0.1, 0.15) is 13.8 Å². The summed E-state index contributed by atoms with van der Waals surface area (Å²) in [4.78, 5) is 18.9. The molecular formula is C24H34N6O3S. The van der Waals surface area contributed by atoms with E-state index in [0.717, 1.165) is 22.8 Å². The van der Waals surface area contributed by atoms with Crippen molar-refractivity contribution in [3.05, 3.63) is 36.4 Å². The highest BCUT2D eigenvalue weighted by molar-refractivity contribution is 7.80. The molecule has 1 N–H and O–H groups in total. The van der Waals surface area contributed by atoms with Gasteiger partial charge in [-0.1, -0.05) is 12.1 Å². The maximum atomic E-state index is 13.0. The van der Waals surface area contributed by atoms with E-state index in [-0.39, 0.29) is 18.5 Å². The summed E-state index contributed by atoms with van der Waals surface area (Å²) in [6, 6.07) is 11.9. The van der Waals surface area contributed by atoms with E-state index in [1.54, 1.807) is 14.2 Å². The van der Waals surface area contributed by atoms with Crippen molar-refractivity contribution in [2.75, 3.05) is 65.0 Å². The van der Waals surface area contributed by atoms with Crippen LogP contribution in [0.15, 0.2) is 36.4 Å². The number of piperazine rings is 1. The van der Waals surface area contributed by atoms with Gasteiger partial charge in [0, 0.05) is 51.4 Å². The van der Waals surface area contributed by atoms with Crippen molar-refractivity contribution in [2.24, 2.45) is 0 Å². The van der Waals surface area contributed by atoms with Crippen LogP contribution < -0.4 is 15.0 Å². The number of ether oxygens (including phenoxy) is 2. The molecule has 2 aromatic rings. The zero-order valence-electron chi connectivity index (χ0n) is 20.4. The number of rotatable bonds is 9. The molecule has 1 aliphatic heterocycles. The summed E-state index contributed by atoms with van der Waals surface area (Å²) in [5.41, 5.74) is 1.75. The number of nitrogens with zero attached hydrogens (tertiary/aromatic N) is 5. The Morgan fingerprint density at radius 1 is 1.15 bits per heavy atom. The first-order chi connectivity index (χ1) is 16.4. The summed E-state index contributed by atoms with van der Waals surface area (Å²) in [5.74, 6) is 1.65. The third kappa shape index (κ3) is 7.01. The fourth-order valence-corrected chi connectivity index (χ4v) is 4.06. The second kappa shape index (κ2) is 12.5. The number of hydrogen-bond acceptors (Lipinski definition) is 7. The molecule has 1 saturated heterocycles. The lowest BCUT2D eigenvalue weighted by Gasteiger charge is -2.36. The first-order valence-electron chi connectivity index (χ1n) is 11.5. The van der Waals surface area contributed by atoms with E-state index in [1.165, 1.54) is 0 Å². The van der Waals surface area contributed by atoms with Gasteiger partial charge in [-0.05, 0) is 50.3 Å². The molecule has 1 aromatic heterocycles. The Balaban J connectivity index is 1.55. The van der Waals surface area contributed by atoms with Crippen molar-refractivity contribution in [1.82, 2.24) is 25.3 Å². The first kappa shape index (κ1) is 25.6. The Labute approximate surface area is 207 Å². The Kier molecular flexibility index (Phi) is 9.41. The number of nitrogens with one attached hydrogen (secondary N) is 1. The maximum absolute atomic E-state index is 13.0. The van der Waals surface area contributed by atoms with Gasteiger partial charge in [0.2, 0.25) is 5.91 Å². The van der Waals surface area contributed by atoms with Gasteiger partial charge in [-0.2, -0.15) is 0 Å². The molecule has 0 saturated carbocycles. The molecular weight excluding hydrogens is 452 g/mol. The fraction of sp³-hybridized carbons (Fsp3) is 0.500. The lowest BCUT2D eigenvalue weighted by atomic mass is 10.1. The van der Waals surface area contributed by atoms with Gasteiger partial charge in [0.15, 0.2) is 10.9 Å². The molecule has 184 valence electrons. The van der Waals surface area contributed by atoms with Crippen molar-refractivity contribution in [3.63, 3.8) is 0 Å². The molecule has 0 atom stereocenters. The minimum absolute atomic E-state index is 0.0584. The van der Waals surface area contributed by atoms with Crippen LogP contribution in [0.2, 0.25) is 0 Å². The van der Waals surface area contributed by atoms with Crippen molar-refractivity contribution in [2.45, 2.75) is 19.9 Å². The summed E-state index contributed by atoms with van der Waals surface area (Å²) in [6.07, 6.45) is 0. The zero-order chi connectivity index (χ0) is 24.5. The van der Waals surface area contributed by atoms with Crippen LogP contribution in [0.25, 0.3) is 11.3 Å². The maximum Gasteiger partial charge on any atom is 0.242 e. The smallest absolute Gasteiger partial charge is 0.242 e. The summed E-state index contributed by atoms with van der Waals surface area (Å²) >= 11 is 5.49. The van der Waals surface area contributed by atoms with E-state index in [1.807, 2.05) is 60.0 Å². The molecule has 10 heteroatoms. The summed E-state index contributed by atoms with van der Waals surface area (Å²) < 4.78 is 10.5. The SMILES string of the molecule is COCCN(CC(=O)N1CCN(c2ccc(-c3cccc(OC)c3)nn2)CC1)C(=S)NC(C)C. The predicted molar refractivity (Wildman–Crippen MR) is 137 cm³/mol. The van der Waals surface area contributed by atoms with Crippen LogP contribution >= 0.6 is 12.2 Å². The molecule has 9 nitrogen and oxygen atoms in total. The highest BCUT2D eigenvalue weighted by Crippen LogP contribution is 2.23. The van der Waals surface area contributed by atoms with E-state index < -0.39 is 0 Å². The third-order valence-corrected chi connectivity index (χ3v) is 5.94. The average molecular weight is 487 g/mol. The number of carbonyl (C=O) groups excluding carboxylic acids is 1. The summed E-state index contributed by atoms with van der Waals surface area (Å²) in [7, 11) is 3.29. The number of anilines is 1. The second-order valence-corrected chi connectivity index (χ2v) is 8.78. The minimum Gasteiger partial charge on any atom is -0.497 e. The molecule has 0 radical (unpaired) electrons. The van der Waals surface area contributed by atoms with Crippen LogP contribution in [0, 0.1) is 0 Å². The highest BCUT2D eigenvalue weighted by Gasteiger charge is 2.24. The van der Waals surface area contributed by atoms with Gasteiger partial charge >= 0.3 is 0 Å². The van der Waals surface area contributed by atoms with Gasteiger partial charge in [-0.15, -0.1) is 10.2 Å². The number of aromatic nitrogens is 2. The molecule has 0 unspecified atom stereocenters. The first-order valence-corrected chi connectivity index (χ1v) is 11.9. The number of carbonyl (C=O) groups is 1. The topological polar surface area (TPSA) is 83.1 Å². The van der Waals surface area contributed by atoms with Gasteiger partial charge in [-0.25, -0.2) is 0 Å². The molecule has 1 amide bonds. The molecule has 1 fully saturated rings. The van der Waals surface area contributed by atoms with Crippen LogP contribution in [-0.2, 0) is 9.53 Å². The predicted octanol–water partition coefficient (Wildman–Crippen LogP) is 2.03. The molecule has 1 aliphatic rings. The number of benzene rings is 1. The lowest BCUT2D eigenvalue weighted by Crippen LogP contribution is -2.53. The van der Waals surface area contributed by atoms with Gasteiger partial charge in [0.1, 0.15) is 5.75 Å². The van der Waals surface area contributed by atoms with Crippen molar-refractivity contribution in [3.8, 4) is 17.0 Å². The molecule has 0 spiro atoms. The standard InChI is InChI=1S/C24H34N6O3S/c1-18(2)25-24(34)30(14-15-32-3)17-23(31)29-12-10-28(11-13-29)22-9-8-21(26-27-22)19-6-5-7-20(16-19)33-4/h5-9,16,18H,10-15,17H2,1-4H3,(H,25,34). The van der Waals surface area contributed by atoms with Gasteiger partial charge in [0.25, 0.3) is 0 Å². The zero-order valence-corrected chi connectivity index (χ0v) is 21.2. The molecule has 0 bridgehead atoms. The molecule has 2 heterocycles. The van der Waals surface area contributed by atoms with Gasteiger partial charge < -0.3 is 29.5 Å². The van der Waals surface area contributed by atoms with Crippen molar-refractivity contribution in [1.29, 1.82) is 0 Å². The van der Waals surface area contributed by atoms with Crippen LogP contribution in [0.5, 0.6) is 5.75 Å². The monoisotopic (exact) mass is 486 g/mol. The largest absolute Gasteiger partial charge is 0.497 e. The van der Waals surface area contributed by atoms with Gasteiger partial charge in [0.05, 0.1) is 26.0 Å². The number of thiocarbonyl (C=S) groups is 1. The average Bonchev–Trinajstić information content (AvgIpc) is 2.86. The van der Waals surface area contributed by atoms with Crippen molar-refractivity contribution < 1.29 is 14.3 Å². The van der Waals surface area contributed by atoms with Crippen LogP contribution in [0.4, 0.5) is 5.82 Å². The van der Waals surface area contributed by atoms with Crippen molar-refractivity contribution >= 4 is 29.1 Å². The van der Waals surface area contributed by atoms with E-state index in [0.29, 0.717) is 44.4 Å². The summed E-state index contributed by atoms with van der Waals surface area (Å²) in [6.45, 7) is 8.00. The highest BCUT2D eigenvalue weighted by atomic mass is 32.1. The van der Waals surface area contributed by atoms with E-state index in [9.17, 15) is 4.79 Å². The molecule has 0 aliphatic carbocycles. The lowest BCUT2D eigenvalue weighted by molar-refractivity contribution is -0.131. The Morgan fingerprint density at radius 3 is 2.53 bits per heavy atom. The molecule has 34 heavy (non-hydrogen) atoms. The van der Waals surface area contributed by atoms with Crippen LogP contribution in [0.3, 0.4) is 0 Å². The summed E-state index contributed by atoms with van der Waals surface area (Å²) in [5, 5.41) is 12.6. The second-order valence-electron chi connectivity index (χ2n) is 8.40. The Hall–Kier alpha value is -2.98. The quantitative estimate of drug-likeness (QED) is 0.535. The van der Waals surface area contributed by atoms with E-state index in [2.05, 4.69) is 20.4 Å². The molecule has 1 aromatic carbocycles. The molecule has 3 rings (SSSR count). The van der Waals surface area contributed by atoms with Crippen LogP contribution in [-0.4, -0.2) is 97.2 Å².